The molecule has 0 aromatic heterocycles. The minimum Gasteiger partial charge on any atom is -0.481 e. The Bertz CT molecular complexity index is 503. The maximum absolute atomic E-state index is 12.6. The molecule has 1 aliphatic heterocycles. The van der Waals surface area contributed by atoms with Gasteiger partial charge in [0.1, 0.15) is 0 Å². The normalized spacial score (nSPS) is 18.5. The van der Waals surface area contributed by atoms with Crippen LogP contribution in [-0.2, 0) is 16.1 Å². The molecule has 2 rings (SSSR count). The number of aliphatic carboxylic acids is 1. The summed E-state index contributed by atoms with van der Waals surface area (Å²) in [5, 5.41) is 8.97. The van der Waals surface area contributed by atoms with Crippen molar-refractivity contribution in [1.29, 1.82) is 0 Å². The largest absolute Gasteiger partial charge is 0.481 e. The van der Waals surface area contributed by atoms with E-state index in [1.54, 1.807) is 35.9 Å². The number of amides is 1. The predicted octanol–water partition coefficient (Wildman–Crippen LogP) is 1.87. The van der Waals surface area contributed by atoms with Gasteiger partial charge in [-0.1, -0.05) is 12.1 Å². The number of carboxylic acids is 1. The molecule has 1 aliphatic rings. The van der Waals surface area contributed by atoms with E-state index in [-0.39, 0.29) is 18.4 Å². The van der Waals surface area contributed by atoms with Crippen molar-refractivity contribution < 1.29 is 19.4 Å². The number of ether oxygens (including phenoxy) is 1. The third-order valence-corrected chi connectivity index (χ3v) is 4.50. The average molecular weight is 309 g/mol. The molecule has 1 aromatic carbocycles. The molecule has 1 unspecified atom stereocenters. The fraction of sp³-hybridized carbons (Fsp3) is 0.467. The van der Waals surface area contributed by atoms with E-state index in [1.807, 2.05) is 12.1 Å². The molecule has 0 spiro atoms. The van der Waals surface area contributed by atoms with Crippen molar-refractivity contribution in [2.24, 2.45) is 0 Å². The summed E-state index contributed by atoms with van der Waals surface area (Å²) < 4.78 is 5.04. The van der Waals surface area contributed by atoms with Gasteiger partial charge in [-0.2, -0.15) is 11.8 Å². The maximum Gasteiger partial charge on any atom is 0.305 e. The molecule has 1 fully saturated rings. The summed E-state index contributed by atoms with van der Waals surface area (Å²) in [6, 6.07) is 7.04. The zero-order valence-electron chi connectivity index (χ0n) is 11.9. The van der Waals surface area contributed by atoms with Crippen molar-refractivity contribution in [2.75, 3.05) is 25.2 Å². The summed E-state index contributed by atoms with van der Waals surface area (Å²) in [6.45, 7) is 1.11. The van der Waals surface area contributed by atoms with Crippen LogP contribution in [0.25, 0.3) is 0 Å². The van der Waals surface area contributed by atoms with Crippen molar-refractivity contribution in [3.8, 4) is 0 Å². The van der Waals surface area contributed by atoms with E-state index in [2.05, 4.69) is 0 Å². The van der Waals surface area contributed by atoms with E-state index in [0.717, 1.165) is 11.3 Å². The Hall–Kier alpha value is -1.53. The number of hydrogen-bond acceptors (Lipinski definition) is 4. The number of hydrogen-bond donors (Lipinski definition) is 1. The standard InChI is InChI=1S/C15H19NO4S/c1-20-9-11-2-4-12(5-3-11)15(19)16-6-7-21-10-13(16)8-14(17)18/h2-5,13H,6-10H2,1H3,(H,17,18). The highest BCUT2D eigenvalue weighted by Gasteiger charge is 2.29. The number of benzene rings is 1. The smallest absolute Gasteiger partial charge is 0.305 e. The van der Waals surface area contributed by atoms with E-state index in [1.165, 1.54) is 0 Å². The van der Waals surface area contributed by atoms with Crippen molar-refractivity contribution >= 4 is 23.6 Å². The second-order valence-corrected chi connectivity index (χ2v) is 6.10. The lowest BCUT2D eigenvalue weighted by Gasteiger charge is -2.34. The van der Waals surface area contributed by atoms with E-state index in [0.29, 0.717) is 24.5 Å². The quantitative estimate of drug-likeness (QED) is 0.899. The molecule has 1 saturated heterocycles. The number of carboxylic acid groups (broad SMARTS) is 1. The molecular formula is C15H19NO4S. The highest BCUT2D eigenvalue weighted by atomic mass is 32.2. The second kappa shape index (κ2) is 7.47. The molecule has 5 nitrogen and oxygen atoms in total. The van der Waals surface area contributed by atoms with E-state index in [9.17, 15) is 9.59 Å². The zero-order chi connectivity index (χ0) is 15.2. The molecular weight excluding hydrogens is 290 g/mol. The molecule has 0 aliphatic carbocycles. The van der Waals surface area contributed by atoms with Crippen LogP contribution >= 0.6 is 11.8 Å². The van der Waals surface area contributed by atoms with Crippen LogP contribution in [0.3, 0.4) is 0 Å². The Balaban J connectivity index is 2.10. The van der Waals surface area contributed by atoms with Gasteiger partial charge in [-0.15, -0.1) is 0 Å². The summed E-state index contributed by atoms with van der Waals surface area (Å²) in [7, 11) is 1.63. The van der Waals surface area contributed by atoms with Crippen LogP contribution in [0.4, 0.5) is 0 Å². The molecule has 0 bridgehead atoms. The maximum atomic E-state index is 12.6. The number of rotatable bonds is 5. The van der Waals surface area contributed by atoms with Crippen LogP contribution in [-0.4, -0.2) is 53.1 Å². The monoisotopic (exact) mass is 309 g/mol. The average Bonchev–Trinajstić information content (AvgIpc) is 2.48. The Labute approximate surface area is 128 Å². The number of carbonyl (C=O) groups is 2. The van der Waals surface area contributed by atoms with Crippen molar-refractivity contribution in [2.45, 2.75) is 19.1 Å². The molecule has 1 N–H and O–H groups in total. The molecule has 6 heteroatoms. The lowest BCUT2D eigenvalue weighted by atomic mass is 10.1. The molecule has 0 saturated carbocycles. The summed E-state index contributed by atoms with van der Waals surface area (Å²) >= 11 is 1.70. The van der Waals surface area contributed by atoms with Gasteiger partial charge in [0, 0.05) is 30.7 Å². The fourth-order valence-corrected chi connectivity index (χ4v) is 3.43. The van der Waals surface area contributed by atoms with Gasteiger partial charge in [0.25, 0.3) is 5.91 Å². The van der Waals surface area contributed by atoms with Crippen molar-refractivity contribution in [3.05, 3.63) is 35.4 Å². The highest BCUT2D eigenvalue weighted by molar-refractivity contribution is 7.99. The first kappa shape index (κ1) is 15.9. The van der Waals surface area contributed by atoms with Crippen molar-refractivity contribution in [3.63, 3.8) is 0 Å². The van der Waals surface area contributed by atoms with Gasteiger partial charge in [-0.25, -0.2) is 0 Å². The summed E-state index contributed by atoms with van der Waals surface area (Å²) in [4.78, 5) is 25.2. The van der Waals surface area contributed by atoms with Gasteiger partial charge in [-0.3, -0.25) is 9.59 Å². The fourth-order valence-electron chi connectivity index (χ4n) is 2.37. The van der Waals surface area contributed by atoms with Crippen LogP contribution in [0, 0.1) is 0 Å². The van der Waals surface area contributed by atoms with Crippen LogP contribution in [0.1, 0.15) is 22.3 Å². The Morgan fingerprint density at radius 1 is 1.38 bits per heavy atom. The van der Waals surface area contributed by atoms with Crippen LogP contribution < -0.4 is 0 Å². The minimum atomic E-state index is -0.865. The Kier molecular flexibility index (Phi) is 5.64. The minimum absolute atomic E-state index is 0.000494. The first-order valence-corrected chi connectivity index (χ1v) is 7.95. The molecule has 1 heterocycles. The molecule has 0 radical (unpaired) electrons. The Morgan fingerprint density at radius 3 is 2.71 bits per heavy atom. The van der Waals surface area contributed by atoms with Crippen molar-refractivity contribution in [1.82, 2.24) is 4.90 Å². The number of carbonyl (C=O) groups excluding carboxylic acids is 1. The molecule has 1 atom stereocenters. The van der Waals surface area contributed by atoms with Gasteiger partial charge in [0.2, 0.25) is 0 Å². The van der Waals surface area contributed by atoms with E-state index < -0.39 is 5.97 Å². The van der Waals surface area contributed by atoms with Gasteiger partial charge < -0.3 is 14.7 Å². The first-order valence-electron chi connectivity index (χ1n) is 6.80. The molecule has 21 heavy (non-hydrogen) atoms. The summed E-state index contributed by atoms with van der Waals surface area (Å²) in [6.07, 6.45) is 0.000494. The first-order chi connectivity index (χ1) is 10.1. The topological polar surface area (TPSA) is 66.8 Å². The third kappa shape index (κ3) is 4.22. The van der Waals surface area contributed by atoms with E-state index >= 15 is 0 Å². The van der Waals surface area contributed by atoms with Gasteiger partial charge in [-0.05, 0) is 17.7 Å². The van der Waals surface area contributed by atoms with Crippen LogP contribution in [0.15, 0.2) is 24.3 Å². The number of methoxy groups -OCH3 is 1. The van der Waals surface area contributed by atoms with E-state index in [4.69, 9.17) is 9.84 Å². The van der Waals surface area contributed by atoms with Crippen LogP contribution in [0.5, 0.6) is 0 Å². The lowest BCUT2D eigenvalue weighted by molar-refractivity contribution is -0.138. The lowest BCUT2D eigenvalue weighted by Crippen LogP contribution is -2.47. The Morgan fingerprint density at radius 2 is 2.10 bits per heavy atom. The predicted molar refractivity (Wildman–Crippen MR) is 81.6 cm³/mol. The van der Waals surface area contributed by atoms with Crippen LogP contribution in [0.2, 0.25) is 0 Å². The second-order valence-electron chi connectivity index (χ2n) is 4.96. The SMILES string of the molecule is COCc1ccc(C(=O)N2CCSCC2CC(=O)O)cc1. The summed E-state index contributed by atoms with van der Waals surface area (Å²) in [5.74, 6) is 0.574. The van der Waals surface area contributed by atoms with Gasteiger partial charge in [0.15, 0.2) is 0 Å². The highest BCUT2D eigenvalue weighted by Crippen LogP contribution is 2.21. The van der Waals surface area contributed by atoms with Gasteiger partial charge >= 0.3 is 5.97 Å². The molecule has 114 valence electrons. The zero-order valence-corrected chi connectivity index (χ0v) is 12.8. The molecule has 1 aromatic rings. The number of nitrogens with zero attached hydrogens (tertiary/aromatic N) is 1. The van der Waals surface area contributed by atoms with Gasteiger partial charge in [0.05, 0.1) is 19.1 Å². The number of thioether (sulfide) groups is 1. The summed E-state index contributed by atoms with van der Waals surface area (Å²) in [5.41, 5.74) is 1.60. The molecule has 1 amide bonds. The third-order valence-electron chi connectivity index (χ3n) is 3.41.